The van der Waals surface area contributed by atoms with E-state index in [0.717, 1.165) is 32.1 Å². The number of benzene rings is 1. The predicted octanol–water partition coefficient (Wildman–Crippen LogP) is 1.71. The first kappa shape index (κ1) is 20.3. The number of hydrogen-bond acceptors (Lipinski definition) is 5. The summed E-state index contributed by atoms with van der Waals surface area (Å²) in [7, 11) is 0. The summed E-state index contributed by atoms with van der Waals surface area (Å²) in [6.07, 6.45) is 6.80. The molecule has 1 saturated carbocycles. The maximum atomic E-state index is 11.5. The molecule has 0 bridgehead atoms. The number of hydrogen-bond donors (Lipinski definition) is 4. The van der Waals surface area contributed by atoms with Gasteiger partial charge in [0.1, 0.15) is 0 Å². The van der Waals surface area contributed by atoms with Crippen LogP contribution in [0.25, 0.3) is 0 Å². The number of aliphatic imine (C=N–C) groups is 1. The number of guanidine groups is 1. The van der Waals surface area contributed by atoms with E-state index >= 15 is 0 Å². The maximum absolute atomic E-state index is 11.5. The maximum Gasteiger partial charge on any atom is 0.301 e. The fourth-order valence-electron chi connectivity index (χ4n) is 4.10. The lowest BCUT2D eigenvalue weighted by Crippen LogP contribution is -2.64. The van der Waals surface area contributed by atoms with Gasteiger partial charge in [0.25, 0.3) is 0 Å². The van der Waals surface area contributed by atoms with Crippen molar-refractivity contribution in [2.75, 3.05) is 13.1 Å². The van der Waals surface area contributed by atoms with Crippen LogP contribution in [0.4, 0.5) is 0 Å². The van der Waals surface area contributed by atoms with Gasteiger partial charge in [0.05, 0.1) is 11.1 Å². The van der Waals surface area contributed by atoms with Crippen molar-refractivity contribution in [1.82, 2.24) is 10.6 Å². The minimum Gasteiger partial charge on any atom is -0.330 e. The van der Waals surface area contributed by atoms with E-state index in [-0.39, 0.29) is 5.70 Å². The van der Waals surface area contributed by atoms with Gasteiger partial charge in [-0.2, -0.15) is 0 Å². The molecule has 1 heterocycles. The van der Waals surface area contributed by atoms with Crippen molar-refractivity contribution in [1.29, 1.82) is 0 Å². The molecule has 28 heavy (non-hydrogen) atoms. The molecule has 0 spiro atoms. The van der Waals surface area contributed by atoms with Crippen LogP contribution < -0.4 is 22.1 Å². The Hall–Kier alpha value is -2.45. The zero-order valence-corrected chi connectivity index (χ0v) is 16.1. The van der Waals surface area contributed by atoms with Gasteiger partial charge in [-0.3, -0.25) is 20.8 Å². The molecule has 1 aromatic rings. The molecular weight excluding hydrogens is 356 g/mol. The Kier molecular flexibility index (Phi) is 6.64. The Bertz CT molecular complexity index is 727. The van der Waals surface area contributed by atoms with Gasteiger partial charge in [-0.1, -0.05) is 30.3 Å². The lowest BCUT2D eigenvalue weighted by molar-refractivity contribution is -0.437. The summed E-state index contributed by atoms with van der Waals surface area (Å²) in [6, 6.07) is 10.1. The van der Waals surface area contributed by atoms with Crippen molar-refractivity contribution < 1.29 is 4.92 Å². The number of nitrogens with two attached hydrogens (primary N) is 2. The molecule has 0 amide bonds. The minimum absolute atomic E-state index is 0.0459. The van der Waals surface area contributed by atoms with Crippen molar-refractivity contribution in [2.45, 2.75) is 44.2 Å². The Morgan fingerprint density at radius 1 is 1.18 bits per heavy atom. The fourth-order valence-corrected chi connectivity index (χ4v) is 4.10. The molecule has 1 aliphatic heterocycles. The van der Waals surface area contributed by atoms with E-state index in [0.29, 0.717) is 37.3 Å². The molecule has 8 nitrogen and oxygen atoms in total. The van der Waals surface area contributed by atoms with E-state index in [1.54, 1.807) is 0 Å². The summed E-state index contributed by atoms with van der Waals surface area (Å²) in [5.41, 5.74) is 12.2. The topological polar surface area (TPSA) is 132 Å². The first-order valence-corrected chi connectivity index (χ1v) is 9.97. The third-order valence-corrected chi connectivity index (χ3v) is 5.76. The van der Waals surface area contributed by atoms with Gasteiger partial charge in [-0.25, -0.2) is 0 Å². The number of nitrogens with zero attached hydrogens (tertiary/aromatic N) is 2. The quantitative estimate of drug-likeness (QED) is 0.417. The van der Waals surface area contributed by atoms with E-state index in [2.05, 4.69) is 27.8 Å². The highest BCUT2D eigenvalue weighted by Gasteiger charge is 2.44. The van der Waals surface area contributed by atoms with Crippen LogP contribution in [-0.4, -0.2) is 29.6 Å². The van der Waals surface area contributed by atoms with Crippen LogP contribution in [0, 0.1) is 22.0 Å². The number of nitro groups is 1. The standard InChI is InChI=1S/C20H30N6O2/c21-13-17-8-6-16(7-9-17)12-20(22)18(26(27)28)14-24-19(25-20)23-11-10-15-4-2-1-3-5-15/h1-5,14,16-17H,6-13,21-22H2,(H2,23,24,25). The molecule has 0 saturated heterocycles. The van der Waals surface area contributed by atoms with Crippen LogP contribution in [0.15, 0.2) is 47.2 Å². The molecule has 1 fully saturated rings. The number of nitrogens with one attached hydrogen (secondary N) is 2. The third-order valence-electron chi connectivity index (χ3n) is 5.76. The molecule has 3 rings (SSSR count). The van der Waals surface area contributed by atoms with Crippen molar-refractivity contribution in [2.24, 2.45) is 28.3 Å². The van der Waals surface area contributed by atoms with Gasteiger partial charge >= 0.3 is 5.70 Å². The molecule has 152 valence electrons. The Balaban J connectivity index is 1.65. The lowest BCUT2D eigenvalue weighted by atomic mass is 9.77. The molecule has 0 aromatic heterocycles. The predicted molar refractivity (Wildman–Crippen MR) is 110 cm³/mol. The van der Waals surface area contributed by atoms with Crippen LogP contribution >= 0.6 is 0 Å². The fraction of sp³-hybridized carbons (Fsp3) is 0.550. The summed E-state index contributed by atoms with van der Waals surface area (Å²) in [5.74, 6) is 1.39. The average Bonchev–Trinajstić information content (AvgIpc) is 2.69. The summed E-state index contributed by atoms with van der Waals surface area (Å²) in [5, 5.41) is 17.5. The van der Waals surface area contributed by atoms with Crippen LogP contribution in [0.1, 0.15) is 37.7 Å². The lowest BCUT2D eigenvalue weighted by Gasteiger charge is -2.37. The second-order valence-corrected chi connectivity index (χ2v) is 7.82. The van der Waals surface area contributed by atoms with E-state index in [1.807, 2.05) is 18.2 Å². The van der Waals surface area contributed by atoms with E-state index in [1.165, 1.54) is 11.8 Å². The first-order chi connectivity index (χ1) is 13.5. The minimum atomic E-state index is -1.22. The first-order valence-electron chi connectivity index (χ1n) is 9.97. The molecule has 1 unspecified atom stereocenters. The highest BCUT2D eigenvalue weighted by molar-refractivity contribution is 5.83. The van der Waals surface area contributed by atoms with Crippen molar-refractivity contribution in [3.63, 3.8) is 0 Å². The molecule has 2 aliphatic rings. The Labute approximate surface area is 165 Å². The Morgan fingerprint density at radius 2 is 1.86 bits per heavy atom. The smallest absolute Gasteiger partial charge is 0.301 e. The zero-order valence-electron chi connectivity index (χ0n) is 16.1. The third kappa shape index (κ3) is 5.08. The monoisotopic (exact) mass is 386 g/mol. The second kappa shape index (κ2) is 9.16. The van der Waals surface area contributed by atoms with Gasteiger partial charge in [-0.05, 0) is 62.5 Å². The van der Waals surface area contributed by atoms with E-state index < -0.39 is 10.6 Å². The van der Waals surface area contributed by atoms with Crippen LogP contribution in [-0.2, 0) is 6.42 Å². The molecule has 8 heteroatoms. The molecule has 1 aliphatic carbocycles. The summed E-state index contributed by atoms with van der Waals surface area (Å²) < 4.78 is 0. The summed E-state index contributed by atoms with van der Waals surface area (Å²) in [4.78, 5) is 15.6. The number of rotatable bonds is 7. The summed E-state index contributed by atoms with van der Waals surface area (Å²) >= 11 is 0. The van der Waals surface area contributed by atoms with Crippen molar-refractivity contribution >= 4 is 5.96 Å². The zero-order chi connectivity index (χ0) is 20.0. The molecule has 6 N–H and O–H groups in total. The van der Waals surface area contributed by atoms with Gasteiger partial charge in [-0.15, -0.1) is 0 Å². The van der Waals surface area contributed by atoms with Gasteiger partial charge in [0.2, 0.25) is 0 Å². The van der Waals surface area contributed by atoms with Crippen LogP contribution in [0.2, 0.25) is 0 Å². The largest absolute Gasteiger partial charge is 0.330 e. The molecule has 1 atom stereocenters. The highest BCUT2D eigenvalue weighted by atomic mass is 16.6. The van der Waals surface area contributed by atoms with Crippen molar-refractivity contribution in [3.8, 4) is 0 Å². The van der Waals surface area contributed by atoms with E-state index in [4.69, 9.17) is 11.5 Å². The van der Waals surface area contributed by atoms with Gasteiger partial charge in [0.15, 0.2) is 11.6 Å². The second-order valence-electron chi connectivity index (χ2n) is 7.82. The molecule has 1 aromatic carbocycles. The summed E-state index contributed by atoms with van der Waals surface area (Å²) in [6.45, 7) is 1.28. The van der Waals surface area contributed by atoms with Crippen LogP contribution in [0.5, 0.6) is 0 Å². The van der Waals surface area contributed by atoms with Gasteiger partial charge < -0.3 is 16.4 Å². The van der Waals surface area contributed by atoms with E-state index in [9.17, 15) is 10.1 Å². The molecular formula is C20H30N6O2. The Morgan fingerprint density at radius 3 is 2.50 bits per heavy atom. The van der Waals surface area contributed by atoms with Gasteiger partial charge in [0, 0.05) is 6.54 Å². The average molecular weight is 387 g/mol. The molecule has 0 radical (unpaired) electrons. The van der Waals surface area contributed by atoms with Crippen molar-refractivity contribution in [3.05, 3.63) is 57.9 Å². The highest BCUT2D eigenvalue weighted by Crippen LogP contribution is 2.34. The SMILES string of the molecule is NCC1CCC(CC2(N)NC(=NCCc3ccccc3)NC=C2[N+](=O)[O-])CC1. The normalized spacial score (nSPS) is 28.9. The van der Waals surface area contributed by atoms with Crippen LogP contribution in [0.3, 0.4) is 0 Å².